The van der Waals surface area contributed by atoms with E-state index < -0.39 is 9.84 Å². The highest BCUT2D eigenvalue weighted by Gasteiger charge is 2.31. The predicted octanol–water partition coefficient (Wildman–Crippen LogP) is 3.74. The zero-order valence-electron chi connectivity index (χ0n) is 17.6. The highest BCUT2D eigenvalue weighted by Crippen LogP contribution is 2.34. The summed E-state index contributed by atoms with van der Waals surface area (Å²) in [7, 11) is -3.61. The van der Waals surface area contributed by atoms with E-state index in [1.807, 2.05) is 45.0 Å². The number of aryl methyl sites for hydroxylation is 1. The Morgan fingerprint density at radius 1 is 1.13 bits per heavy atom. The van der Waals surface area contributed by atoms with Crippen LogP contribution >= 0.6 is 0 Å². The van der Waals surface area contributed by atoms with Crippen LogP contribution in [0.25, 0.3) is 0 Å². The van der Waals surface area contributed by atoms with E-state index in [1.54, 1.807) is 17.0 Å². The molecule has 0 fully saturated rings. The molecule has 0 saturated carbocycles. The van der Waals surface area contributed by atoms with Gasteiger partial charge in [0.1, 0.15) is 0 Å². The predicted molar refractivity (Wildman–Crippen MR) is 119 cm³/mol. The van der Waals surface area contributed by atoms with Crippen molar-refractivity contribution in [2.45, 2.75) is 57.4 Å². The number of carbonyl (C=O) groups excluding carboxylic acids is 2. The van der Waals surface area contributed by atoms with E-state index in [4.69, 9.17) is 0 Å². The van der Waals surface area contributed by atoms with Gasteiger partial charge in [-0.3, -0.25) is 9.59 Å². The van der Waals surface area contributed by atoms with E-state index in [0.29, 0.717) is 12.8 Å². The number of sulfone groups is 1. The normalized spacial score (nSPS) is 15.7. The van der Waals surface area contributed by atoms with Gasteiger partial charge in [-0.2, -0.15) is 0 Å². The van der Waals surface area contributed by atoms with Crippen molar-refractivity contribution < 1.29 is 18.0 Å². The highest BCUT2D eigenvalue weighted by atomic mass is 32.2. The highest BCUT2D eigenvalue weighted by molar-refractivity contribution is 7.91. The van der Waals surface area contributed by atoms with Crippen molar-refractivity contribution in [2.75, 3.05) is 16.0 Å². The van der Waals surface area contributed by atoms with Gasteiger partial charge >= 0.3 is 0 Å². The first-order valence-corrected chi connectivity index (χ1v) is 12.0. The van der Waals surface area contributed by atoms with Gasteiger partial charge in [0.15, 0.2) is 9.84 Å². The van der Waals surface area contributed by atoms with Crippen LogP contribution in [0.5, 0.6) is 0 Å². The average molecular weight is 429 g/mol. The number of para-hydroxylation sites is 1. The molecule has 0 radical (unpaired) electrons. The number of carbonyl (C=O) groups is 2. The van der Waals surface area contributed by atoms with Crippen LogP contribution in [0, 0.1) is 0 Å². The van der Waals surface area contributed by atoms with Gasteiger partial charge < -0.3 is 10.2 Å². The molecule has 2 aromatic rings. The summed E-state index contributed by atoms with van der Waals surface area (Å²) in [5.41, 5.74) is 3.36. The number of amides is 2. The number of anilines is 2. The van der Waals surface area contributed by atoms with Crippen LogP contribution in [0.2, 0.25) is 0 Å². The van der Waals surface area contributed by atoms with Crippen LogP contribution in [0.15, 0.2) is 47.4 Å². The van der Waals surface area contributed by atoms with Gasteiger partial charge in [0.05, 0.1) is 10.6 Å². The molecule has 1 atom stereocenters. The van der Waals surface area contributed by atoms with E-state index in [2.05, 4.69) is 5.32 Å². The number of fused-ring (bicyclic) bond motifs is 1. The van der Waals surface area contributed by atoms with Crippen molar-refractivity contribution in [3.8, 4) is 0 Å². The van der Waals surface area contributed by atoms with Gasteiger partial charge in [0.2, 0.25) is 11.8 Å². The van der Waals surface area contributed by atoms with Gasteiger partial charge in [0.25, 0.3) is 0 Å². The summed E-state index contributed by atoms with van der Waals surface area (Å²) in [6.45, 7) is 5.77. The van der Waals surface area contributed by atoms with E-state index in [0.717, 1.165) is 28.9 Å². The van der Waals surface area contributed by atoms with Crippen molar-refractivity contribution in [1.82, 2.24) is 0 Å². The molecule has 1 aliphatic rings. The Morgan fingerprint density at radius 2 is 1.87 bits per heavy atom. The average Bonchev–Trinajstić information content (AvgIpc) is 3.07. The summed E-state index contributed by atoms with van der Waals surface area (Å²) in [6, 6.07) is 12.4. The topological polar surface area (TPSA) is 83.6 Å². The molecule has 1 aliphatic heterocycles. The van der Waals surface area contributed by atoms with E-state index >= 15 is 0 Å². The van der Waals surface area contributed by atoms with Gasteiger partial charge in [-0.05, 0) is 55.2 Å². The van der Waals surface area contributed by atoms with Gasteiger partial charge in [0, 0.05) is 30.3 Å². The zero-order valence-corrected chi connectivity index (χ0v) is 18.5. The lowest BCUT2D eigenvalue weighted by Gasteiger charge is -2.22. The number of hydrogen-bond donors (Lipinski definition) is 1. The minimum Gasteiger partial charge on any atom is -0.326 e. The Morgan fingerprint density at radius 3 is 2.57 bits per heavy atom. The SMILES string of the molecule is CCC(=O)N1c2ccc(S(=O)(=O)CCC(=O)Nc3ccccc3CC)cc2CC1C. The fourth-order valence-corrected chi connectivity index (χ4v) is 5.15. The first-order valence-electron chi connectivity index (χ1n) is 10.3. The molecule has 0 aliphatic carbocycles. The Labute approximate surface area is 178 Å². The maximum Gasteiger partial charge on any atom is 0.226 e. The molecule has 0 saturated heterocycles. The molecular formula is C23H28N2O4S. The summed E-state index contributed by atoms with van der Waals surface area (Å²) in [5, 5.41) is 2.81. The smallest absolute Gasteiger partial charge is 0.226 e. The fraction of sp³-hybridized carbons (Fsp3) is 0.391. The molecule has 0 spiro atoms. The van der Waals surface area contributed by atoms with Crippen molar-refractivity contribution in [3.63, 3.8) is 0 Å². The first kappa shape index (κ1) is 22.0. The molecule has 1 heterocycles. The Bertz CT molecular complexity index is 1060. The summed E-state index contributed by atoms with van der Waals surface area (Å²) in [4.78, 5) is 26.5. The van der Waals surface area contributed by atoms with Crippen LogP contribution < -0.4 is 10.2 Å². The van der Waals surface area contributed by atoms with Crippen molar-refractivity contribution in [1.29, 1.82) is 0 Å². The van der Waals surface area contributed by atoms with E-state index in [-0.39, 0.29) is 34.9 Å². The number of nitrogens with zero attached hydrogens (tertiary/aromatic N) is 1. The lowest BCUT2D eigenvalue weighted by atomic mass is 10.1. The van der Waals surface area contributed by atoms with Gasteiger partial charge in [-0.15, -0.1) is 0 Å². The lowest BCUT2D eigenvalue weighted by Crippen LogP contribution is -2.35. The number of rotatable bonds is 7. The molecule has 7 heteroatoms. The maximum absolute atomic E-state index is 12.8. The summed E-state index contributed by atoms with van der Waals surface area (Å²) < 4.78 is 25.6. The molecule has 3 rings (SSSR count). The van der Waals surface area contributed by atoms with Crippen molar-refractivity contribution in [3.05, 3.63) is 53.6 Å². The molecule has 160 valence electrons. The molecule has 30 heavy (non-hydrogen) atoms. The molecule has 2 aromatic carbocycles. The molecule has 1 N–H and O–H groups in total. The van der Waals surface area contributed by atoms with E-state index in [9.17, 15) is 18.0 Å². The first-order chi connectivity index (χ1) is 14.3. The third-order valence-corrected chi connectivity index (χ3v) is 7.18. The molecule has 1 unspecified atom stereocenters. The Kier molecular flexibility index (Phi) is 6.61. The number of hydrogen-bond acceptors (Lipinski definition) is 4. The quantitative estimate of drug-likeness (QED) is 0.728. The van der Waals surface area contributed by atoms with Gasteiger partial charge in [-0.1, -0.05) is 32.0 Å². The minimum atomic E-state index is -3.61. The number of benzene rings is 2. The van der Waals surface area contributed by atoms with Crippen molar-refractivity contribution >= 4 is 33.0 Å². The minimum absolute atomic E-state index is 0.00909. The second kappa shape index (κ2) is 9.00. The summed E-state index contributed by atoms with van der Waals surface area (Å²) >= 11 is 0. The molecule has 0 aromatic heterocycles. The third-order valence-electron chi connectivity index (χ3n) is 5.47. The molecule has 0 bridgehead atoms. The largest absolute Gasteiger partial charge is 0.326 e. The van der Waals surface area contributed by atoms with Crippen LogP contribution in [0.3, 0.4) is 0 Å². The van der Waals surface area contributed by atoms with Gasteiger partial charge in [-0.25, -0.2) is 8.42 Å². The fourth-order valence-electron chi connectivity index (χ4n) is 3.86. The second-order valence-corrected chi connectivity index (χ2v) is 9.70. The second-order valence-electron chi connectivity index (χ2n) is 7.59. The maximum atomic E-state index is 12.8. The standard InChI is InChI=1S/C23H28N2O4S/c1-4-17-8-6-7-9-20(17)24-22(26)12-13-30(28,29)19-10-11-21-18(15-19)14-16(3)25(21)23(27)5-2/h6-11,15-16H,4-5,12-14H2,1-3H3,(H,24,26). The zero-order chi connectivity index (χ0) is 21.9. The van der Waals surface area contributed by atoms with E-state index in [1.165, 1.54) is 6.07 Å². The number of nitrogens with one attached hydrogen (secondary N) is 1. The Hall–Kier alpha value is -2.67. The summed E-state index contributed by atoms with van der Waals surface area (Å²) in [6.07, 6.45) is 1.69. The van der Waals surface area contributed by atoms with Crippen LogP contribution in [0.4, 0.5) is 11.4 Å². The summed E-state index contributed by atoms with van der Waals surface area (Å²) in [5.74, 6) is -0.561. The van der Waals surface area contributed by atoms with Crippen molar-refractivity contribution in [2.24, 2.45) is 0 Å². The lowest BCUT2D eigenvalue weighted by molar-refractivity contribution is -0.118. The van der Waals surface area contributed by atoms with Crippen LogP contribution in [0.1, 0.15) is 44.7 Å². The van der Waals surface area contributed by atoms with Crippen LogP contribution in [-0.4, -0.2) is 32.0 Å². The monoisotopic (exact) mass is 428 g/mol. The van der Waals surface area contributed by atoms with Crippen LogP contribution in [-0.2, 0) is 32.3 Å². The molecular weight excluding hydrogens is 400 g/mol. The molecule has 6 nitrogen and oxygen atoms in total. The third kappa shape index (κ3) is 4.56. The molecule has 2 amide bonds. The Balaban J connectivity index is 1.70.